The third-order valence-electron chi connectivity index (χ3n) is 3.65. The molecule has 0 aliphatic heterocycles. The first-order valence-corrected chi connectivity index (χ1v) is 9.47. The van der Waals surface area contributed by atoms with Crippen LogP contribution in [0.1, 0.15) is 27.1 Å². The van der Waals surface area contributed by atoms with Gasteiger partial charge in [-0.1, -0.05) is 60.7 Å². The minimum atomic E-state index is -1.67. The first kappa shape index (κ1) is 31.3. The zero-order valence-corrected chi connectivity index (χ0v) is 19.5. The third-order valence-corrected chi connectivity index (χ3v) is 3.65. The van der Waals surface area contributed by atoms with Crippen LogP contribution in [0, 0.1) is 0 Å². The van der Waals surface area contributed by atoms with Gasteiger partial charge in [0.25, 0.3) is 0 Å². The van der Waals surface area contributed by atoms with Gasteiger partial charge >= 0.3 is 17.1 Å². The smallest absolute Gasteiger partial charge is 0.541 e. The molecule has 32 heavy (non-hydrogen) atoms. The van der Waals surface area contributed by atoms with E-state index in [0.717, 1.165) is 0 Å². The van der Waals surface area contributed by atoms with Crippen LogP contribution in [0.25, 0.3) is 0 Å². The molecule has 0 heterocycles. The second kappa shape index (κ2) is 17.8. The first-order chi connectivity index (χ1) is 14.6. The summed E-state index contributed by atoms with van der Waals surface area (Å²) in [5.74, 6) is -5.30. The number of hydrogen-bond donors (Lipinski definition) is 0. The van der Waals surface area contributed by atoms with Gasteiger partial charge in [0.15, 0.2) is 0 Å². The molecule has 0 aromatic heterocycles. The van der Waals surface area contributed by atoms with Crippen LogP contribution in [-0.4, -0.2) is 74.6 Å². The molecule has 177 valence electrons. The molecule has 0 fully saturated rings. The van der Waals surface area contributed by atoms with Crippen molar-refractivity contribution in [1.29, 1.82) is 0 Å². The molecule has 0 N–H and O–H groups in total. The van der Waals surface area contributed by atoms with Gasteiger partial charge in [0.2, 0.25) is 11.6 Å². The summed E-state index contributed by atoms with van der Waals surface area (Å²) in [7, 11) is 8.43. The molecule has 0 atom stereocenters. The Balaban J connectivity index is 0. The van der Waals surface area contributed by atoms with Crippen LogP contribution in [0.2, 0.25) is 0 Å². The monoisotopic (exact) mass is 491 g/mol. The van der Waals surface area contributed by atoms with Crippen molar-refractivity contribution in [2.75, 3.05) is 41.3 Å². The zero-order valence-electron chi connectivity index (χ0n) is 18.5. The number of nitrogens with zero attached hydrogens (tertiary/aromatic N) is 2. The summed E-state index contributed by atoms with van der Waals surface area (Å²) >= 11 is 0. The second-order valence-corrected chi connectivity index (χ2v) is 6.93. The third kappa shape index (κ3) is 15.0. The fourth-order valence-corrected chi connectivity index (χ4v) is 2.12. The van der Waals surface area contributed by atoms with Gasteiger partial charge in [0.1, 0.15) is 11.9 Å². The molecule has 2 aromatic rings. The Morgan fingerprint density at radius 3 is 1.12 bits per heavy atom. The minimum Gasteiger partial charge on any atom is -0.541 e. The van der Waals surface area contributed by atoms with E-state index in [9.17, 15) is 29.4 Å². The molecule has 2 aromatic carbocycles. The Labute approximate surface area is 199 Å². The predicted molar refractivity (Wildman–Crippen MR) is 113 cm³/mol. The van der Waals surface area contributed by atoms with Crippen molar-refractivity contribution in [3.8, 4) is 0 Å². The van der Waals surface area contributed by atoms with E-state index in [2.05, 4.69) is 38.0 Å². The molecule has 9 heteroatoms. The molecule has 0 aliphatic carbocycles. The average molecular weight is 492 g/mol. The summed E-state index contributed by atoms with van der Waals surface area (Å²) < 4.78 is 0. The van der Waals surface area contributed by atoms with Crippen LogP contribution in [0.5, 0.6) is 0 Å². The van der Waals surface area contributed by atoms with E-state index in [1.165, 1.54) is 43.8 Å². The molecule has 1 radical (unpaired) electrons. The Morgan fingerprint density at radius 2 is 0.906 bits per heavy atom. The van der Waals surface area contributed by atoms with Crippen molar-refractivity contribution in [3.63, 3.8) is 0 Å². The van der Waals surface area contributed by atoms with Crippen molar-refractivity contribution in [1.82, 2.24) is 9.80 Å². The zero-order chi connectivity index (χ0) is 23.8. The molecule has 0 aliphatic rings. The fourth-order valence-electron chi connectivity index (χ4n) is 2.12. The summed E-state index contributed by atoms with van der Waals surface area (Å²) in [5.41, 5.74) is 0.292. The molecule has 0 saturated carbocycles. The van der Waals surface area contributed by atoms with Gasteiger partial charge in [0.05, 0.1) is 0 Å². The number of ketones is 2. The number of hydrogen-bond acceptors (Lipinski definition) is 8. The molecule has 0 amide bonds. The maximum atomic E-state index is 10.7. The Hall–Kier alpha value is -2.84. The van der Waals surface area contributed by atoms with Crippen molar-refractivity contribution in [3.05, 3.63) is 71.8 Å². The molecule has 0 unspecified atom stereocenters. The number of rotatable bonds is 8. The number of benzene rings is 2. The number of carbonyl (C=O) groups is 4. The molecule has 2 rings (SSSR count). The van der Waals surface area contributed by atoms with Crippen LogP contribution in [-0.2, 0) is 26.7 Å². The Kier molecular flexibility index (Phi) is 17.4. The summed E-state index contributed by atoms with van der Waals surface area (Å²) in [6.07, 6.45) is 1.26. The van der Waals surface area contributed by atoms with Crippen molar-refractivity contribution in [2.45, 2.75) is 6.42 Å². The standard InChI is InChI=1S/2C8H6O3.C7H18N2.Cu/c2*9-7(8(10)11)6-4-2-1-3-5-6;1-8(2)6-5-7-9(3)4;/h2*1-5H,(H,10,11);5-7H2,1-4H3;/q;;;+2/p-2. The van der Waals surface area contributed by atoms with Gasteiger partial charge in [-0.15, -0.1) is 0 Å². The van der Waals surface area contributed by atoms with E-state index in [1.54, 1.807) is 36.4 Å². The van der Waals surface area contributed by atoms with Gasteiger partial charge in [0, 0.05) is 11.1 Å². The maximum Gasteiger partial charge on any atom is 2.00 e. The van der Waals surface area contributed by atoms with Crippen LogP contribution < -0.4 is 10.2 Å². The largest absolute Gasteiger partial charge is 2.00 e. The number of Topliss-reactive ketones (excluding diaryl/α,β-unsaturated/α-hetero) is 2. The Bertz CT molecular complexity index is 757. The van der Waals surface area contributed by atoms with Crippen LogP contribution in [0.4, 0.5) is 0 Å². The molecule has 0 saturated heterocycles. The average Bonchev–Trinajstić information content (AvgIpc) is 2.74. The van der Waals surface area contributed by atoms with E-state index in [4.69, 9.17) is 0 Å². The van der Waals surface area contributed by atoms with Crippen LogP contribution >= 0.6 is 0 Å². The second-order valence-electron chi connectivity index (χ2n) is 6.93. The SMILES string of the molecule is CN(C)CCCN(C)C.O=C([O-])C(=O)c1ccccc1.O=C([O-])C(=O)c1ccccc1.[Cu+2]. The molecular weight excluding hydrogens is 464 g/mol. The molecule has 0 spiro atoms. The summed E-state index contributed by atoms with van der Waals surface area (Å²) in [6, 6.07) is 15.5. The molecule has 8 nitrogen and oxygen atoms in total. The fraction of sp³-hybridized carbons (Fsp3) is 0.304. The van der Waals surface area contributed by atoms with Gasteiger partial charge < -0.3 is 29.6 Å². The minimum absolute atomic E-state index is 0. The van der Waals surface area contributed by atoms with Crippen molar-refractivity contribution < 1.29 is 46.5 Å². The quantitative estimate of drug-likeness (QED) is 0.281. The van der Waals surface area contributed by atoms with Crippen LogP contribution in [0.15, 0.2) is 60.7 Å². The van der Waals surface area contributed by atoms with E-state index < -0.39 is 23.5 Å². The van der Waals surface area contributed by atoms with Crippen LogP contribution in [0.3, 0.4) is 0 Å². The summed E-state index contributed by atoms with van der Waals surface area (Å²) in [5, 5.41) is 20.1. The first-order valence-electron chi connectivity index (χ1n) is 9.47. The number of aliphatic carboxylic acids is 2. The maximum absolute atomic E-state index is 10.7. The predicted octanol–water partition coefficient (Wildman–Crippen LogP) is -0.264. The van der Waals surface area contributed by atoms with E-state index in [0.29, 0.717) is 0 Å². The number of carboxylic acid groups (broad SMARTS) is 2. The van der Waals surface area contributed by atoms with Crippen molar-refractivity contribution >= 4 is 23.5 Å². The van der Waals surface area contributed by atoms with E-state index >= 15 is 0 Å². The molecular formula is C23H28CuN2O6. The van der Waals surface area contributed by atoms with E-state index in [1.807, 2.05) is 0 Å². The van der Waals surface area contributed by atoms with Gasteiger partial charge in [-0.2, -0.15) is 0 Å². The molecule has 0 bridgehead atoms. The number of carbonyl (C=O) groups excluding carboxylic acids is 4. The summed E-state index contributed by atoms with van der Waals surface area (Å²) in [6.45, 7) is 2.39. The Morgan fingerprint density at radius 1 is 0.625 bits per heavy atom. The van der Waals surface area contributed by atoms with Gasteiger partial charge in [-0.05, 0) is 47.7 Å². The van der Waals surface area contributed by atoms with E-state index in [-0.39, 0.29) is 28.2 Å². The van der Waals surface area contributed by atoms with Crippen molar-refractivity contribution in [2.24, 2.45) is 0 Å². The van der Waals surface area contributed by atoms with Gasteiger partial charge in [-0.25, -0.2) is 0 Å². The summed E-state index contributed by atoms with van der Waals surface area (Å²) in [4.78, 5) is 45.9. The topological polar surface area (TPSA) is 121 Å². The number of carboxylic acids is 2. The normalized spacial score (nSPS) is 9.44. The van der Waals surface area contributed by atoms with Gasteiger partial charge in [-0.3, -0.25) is 9.59 Å².